The van der Waals surface area contributed by atoms with E-state index in [0.29, 0.717) is 30.9 Å². The predicted molar refractivity (Wildman–Crippen MR) is 220 cm³/mol. The van der Waals surface area contributed by atoms with Crippen molar-refractivity contribution in [2.24, 2.45) is 34.5 Å². The second-order valence-electron chi connectivity index (χ2n) is 18.0. The highest BCUT2D eigenvalue weighted by Crippen LogP contribution is 2.75. The first-order chi connectivity index (χ1) is 27.9. The number of hydrogen-bond donors (Lipinski definition) is 5. The highest BCUT2D eigenvalue weighted by molar-refractivity contribution is 5.97. The van der Waals surface area contributed by atoms with Gasteiger partial charge in [0.25, 0.3) is 5.97 Å². The van der Waals surface area contributed by atoms with Crippen molar-refractivity contribution in [1.29, 1.82) is 0 Å². The molecule has 1 saturated heterocycles. The van der Waals surface area contributed by atoms with E-state index in [1.807, 2.05) is 26.8 Å². The zero-order chi connectivity index (χ0) is 45.0. The maximum absolute atomic E-state index is 14.1. The monoisotopic (exact) mass is 835 g/mol. The van der Waals surface area contributed by atoms with Crippen LogP contribution in [0, 0.1) is 34.5 Å². The van der Waals surface area contributed by atoms with Crippen molar-refractivity contribution >= 4 is 35.8 Å². The molecule has 14 heteroatoms. The molecule has 7 rings (SSSR count). The van der Waals surface area contributed by atoms with Crippen molar-refractivity contribution in [3.8, 4) is 0 Å². The van der Waals surface area contributed by atoms with Crippen LogP contribution >= 0.6 is 0 Å². The summed E-state index contributed by atoms with van der Waals surface area (Å²) in [4.78, 5) is 67.9. The standard InChI is InChI=1S/C23H32O5.C14H19NO4.C7H6O2.C2H4O2/c1-11-6-7-22(26)9-16-14-10-27-17(14)8-15-12(2)23(15,16)20(25)19(28-13(3)24)18(11)21(22,4)5;1-14(2,3)19-13(18)15-11(9-12(16)17)10-7-5-4-6-8-10;8-7(9)6-4-2-1-3-5-6;1-2(3)4/h12,14-17,19,26H,6-10H2,1-5H3;4-8,11H,9H2,1-3H3,(H,15,18)(H,16,17);1-5H,(H,8,9);1H3,(H,3,4)/t12-,14?,15?,16?,17+,19+,22+,23?;11-;;/m01../s1. The highest BCUT2D eigenvalue weighted by Gasteiger charge is 2.78. The van der Waals surface area contributed by atoms with Gasteiger partial charge in [0, 0.05) is 30.6 Å². The lowest BCUT2D eigenvalue weighted by atomic mass is 9.51. The molecule has 328 valence electrons. The zero-order valence-electron chi connectivity index (χ0n) is 36.0. The molecular weight excluding hydrogens is 774 g/mol. The summed E-state index contributed by atoms with van der Waals surface area (Å²) in [6.07, 6.45) is 1.53. The van der Waals surface area contributed by atoms with E-state index in [9.17, 15) is 29.1 Å². The Kier molecular flexibility index (Phi) is 14.8. The molecule has 4 aliphatic carbocycles. The van der Waals surface area contributed by atoms with Crippen LogP contribution in [0.3, 0.4) is 0 Å². The van der Waals surface area contributed by atoms with Crippen molar-refractivity contribution in [1.82, 2.24) is 5.32 Å². The van der Waals surface area contributed by atoms with Gasteiger partial charge in [-0.3, -0.25) is 19.2 Å². The smallest absolute Gasteiger partial charge is 0.408 e. The minimum atomic E-state index is -0.982. The van der Waals surface area contributed by atoms with Gasteiger partial charge in [-0.1, -0.05) is 74.9 Å². The quantitative estimate of drug-likeness (QED) is 0.143. The number of Topliss-reactive ketones (excluding diaryl/α,β-unsaturated/α-hetero) is 1. The number of rotatable bonds is 6. The molecule has 1 aliphatic heterocycles. The molecule has 2 aromatic carbocycles. The molecule has 0 aromatic heterocycles. The van der Waals surface area contributed by atoms with Crippen LogP contribution in [0.15, 0.2) is 71.8 Å². The van der Waals surface area contributed by atoms with Gasteiger partial charge in [-0.05, 0) is 94.4 Å². The lowest BCUT2D eigenvalue weighted by Gasteiger charge is -2.58. The lowest BCUT2D eigenvalue weighted by Crippen LogP contribution is -2.62. The van der Waals surface area contributed by atoms with Crippen LogP contribution in [0.4, 0.5) is 4.79 Å². The third kappa shape index (κ3) is 10.4. The normalized spacial score (nSPS) is 29.5. The molecule has 1 spiro atoms. The summed E-state index contributed by atoms with van der Waals surface area (Å²) in [5.74, 6) is -2.07. The fourth-order valence-corrected chi connectivity index (χ4v) is 9.84. The number of carbonyl (C=O) groups excluding carboxylic acids is 3. The summed E-state index contributed by atoms with van der Waals surface area (Å²) < 4.78 is 16.7. The molecule has 5 aliphatic rings. The number of ether oxygens (including phenoxy) is 3. The van der Waals surface area contributed by atoms with Crippen molar-refractivity contribution in [3.63, 3.8) is 0 Å². The molecule has 2 aromatic rings. The number of benzene rings is 2. The summed E-state index contributed by atoms with van der Waals surface area (Å²) in [5.41, 5.74) is 0.398. The van der Waals surface area contributed by atoms with E-state index in [1.54, 1.807) is 75.4 Å². The predicted octanol–water partition coefficient (Wildman–Crippen LogP) is 7.25. The van der Waals surface area contributed by atoms with E-state index < -0.39 is 64.1 Å². The molecular formula is C46H61NO13. The van der Waals surface area contributed by atoms with Gasteiger partial charge in [-0.15, -0.1) is 0 Å². The van der Waals surface area contributed by atoms with Crippen LogP contribution in [0.5, 0.6) is 0 Å². The molecule has 60 heavy (non-hydrogen) atoms. The summed E-state index contributed by atoms with van der Waals surface area (Å²) in [7, 11) is 0. The first kappa shape index (κ1) is 47.6. The van der Waals surface area contributed by atoms with Gasteiger partial charge in [0.15, 0.2) is 11.9 Å². The van der Waals surface area contributed by atoms with E-state index in [-0.39, 0.29) is 36.1 Å². The van der Waals surface area contributed by atoms with Gasteiger partial charge >= 0.3 is 24.0 Å². The first-order valence-corrected chi connectivity index (χ1v) is 20.4. The highest BCUT2D eigenvalue weighted by atomic mass is 16.6. The summed E-state index contributed by atoms with van der Waals surface area (Å²) in [6.45, 7) is 16.6. The van der Waals surface area contributed by atoms with E-state index in [2.05, 4.69) is 12.2 Å². The maximum atomic E-state index is 14.1. The fourth-order valence-electron chi connectivity index (χ4n) is 9.84. The number of aromatic carboxylic acids is 1. The fraction of sp³-hybridized carbons (Fsp3) is 0.565. The number of aliphatic carboxylic acids is 2. The molecule has 0 radical (unpaired) electrons. The van der Waals surface area contributed by atoms with Crippen LogP contribution in [0.1, 0.15) is 116 Å². The molecule has 9 atom stereocenters. The third-order valence-electron chi connectivity index (χ3n) is 12.7. The number of carboxylic acid groups (broad SMARTS) is 3. The average molecular weight is 836 g/mol. The Morgan fingerprint density at radius 1 is 0.933 bits per heavy atom. The van der Waals surface area contributed by atoms with Crippen LogP contribution < -0.4 is 5.32 Å². The Balaban J connectivity index is 0.000000213. The van der Waals surface area contributed by atoms with E-state index >= 15 is 0 Å². The minimum absolute atomic E-state index is 0.0851. The van der Waals surface area contributed by atoms with Gasteiger partial charge in [-0.25, -0.2) is 9.59 Å². The number of allylic oxidation sites excluding steroid dienone is 1. The van der Waals surface area contributed by atoms with Gasteiger partial charge in [0.05, 0.1) is 36.3 Å². The second kappa shape index (κ2) is 18.7. The largest absolute Gasteiger partial charge is 0.481 e. The molecule has 14 nitrogen and oxygen atoms in total. The Morgan fingerprint density at radius 3 is 1.97 bits per heavy atom. The van der Waals surface area contributed by atoms with Gasteiger partial charge in [0.1, 0.15) is 5.60 Å². The van der Waals surface area contributed by atoms with Crippen LogP contribution in [0.25, 0.3) is 0 Å². The topological polar surface area (TPSA) is 223 Å². The molecule has 1 heterocycles. The molecule has 4 fully saturated rings. The van der Waals surface area contributed by atoms with Crippen LogP contribution in [0.2, 0.25) is 0 Å². The van der Waals surface area contributed by atoms with E-state index in [0.717, 1.165) is 36.5 Å². The van der Waals surface area contributed by atoms with Crippen molar-refractivity contribution in [3.05, 3.63) is 82.9 Å². The van der Waals surface area contributed by atoms with E-state index in [1.165, 1.54) is 6.92 Å². The summed E-state index contributed by atoms with van der Waals surface area (Å²) in [5, 5.41) is 39.2. The SMILES string of the molecule is CC(=O)O.CC(=O)O[C@H]1C(=O)C23C(C[C@]4(O)CCC(C)=C1C4(C)C)C1CO[C@@H]1CC2[C@@H]3C.CC(C)(C)OC(=O)N[C@H](CC(=O)O)c1ccccc1.O=C(O)c1ccccc1. The molecule has 5 N–H and O–H groups in total. The van der Waals surface area contributed by atoms with Crippen molar-refractivity contribution in [2.45, 2.75) is 124 Å². The van der Waals surface area contributed by atoms with Gasteiger partial charge < -0.3 is 40.0 Å². The Labute approximate surface area is 351 Å². The number of carbonyl (C=O) groups is 6. The van der Waals surface area contributed by atoms with Gasteiger partial charge in [0.2, 0.25) is 0 Å². The Bertz CT molecular complexity index is 1930. The first-order valence-electron chi connectivity index (χ1n) is 20.4. The number of alkyl carbamates (subject to hydrolysis) is 1. The number of esters is 1. The maximum Gasteiger partial charge on any atom is 0.408 e. The number of nitrogens with one attached hydrogen (secondary N) is 1. The van der Waals surface area contributed by atoms with Crippen LogP contribution in [-0.4, -0.2) is 86.2 Å². The number of fused-ring (bicyclic) bond motifs is 4. The van der Waals surface area contributed by atoms with Crippen molar-refractivity contribution in [2.75, 3.05) is 6.61 Å². The molecule has 1 amide bonds. The average Bonchev–Trinajstić information content (AvgIpc) is 3.73. The van der Waals surface area contributed by atoms with Gasteiger partial charge in [-0.2, -0.15) is 0 Å². The van der Waals surface area contributed by atoms with Crippen LogP contribution in [-0.2, 0) is 33.4 Å². The molecule has 2 bridgehead atoms. The minimum Gasteiger partial charge on any atom is -0.481 e. The second-order valence-corrected chi connectivity index (χ2v) is 18.0. The van der Waals surface area contributed by atoms with E-state index in [4.69, 9.17) is 34.3 Å². The molecule has 4 unspecified atom stereocenters. The lowest BCUT2D eigenvalue weighted by molar-refractivity contribution is -0.204. The third-order valence-corrected chi connectivity index (χ3v) is 12.7. The summed E-state index contributed by atoms with van der Waals surface area (Å²) >= 11 is 0. The summed E-state index contributed by atoms with van der Waals surface area (Å²) in [6, 6.07) is 16.6. The number of hydrogen-bond acceptors (Lipinski definition) is 10. The number of carboxylic acids is 3. The zero-order valence-corrected chi connectivity index (χ0v) is 36.0. The number of ketones is 1. The van der Waals surface area contributed by atoms with Crippen molar-refractivity contribution < 1.29 is 63.4 Å². The Hall–Kier alpha value is -5.08. The molecule has 3 saturated carbocycles. The number of amides is 1. The number of aliphatic hydroxyl groups is 1. The Morgan fingerprint density at radius 2 is 1.50 bits per heavy atom.